The first-order valence-electron chi connectivity index (χ1n) is 7.95. The second-order valence-corrected chi connectivity index (χ2v) is 5.56. The Hall–Kier alpha value is -3.16. The Morgan fingerprint density at radius 3 is 2.72 bits per heavy atom. The monoisotopic (exact) mass is 341 g/mol. The molecule has 0 aliphatic heterocycles. The minimum absolute atomic E-state index is 0.173. The molecule has 1 N–H and O–H groups in total. The van der Waals surface area contributed by atoms with Crippen LogP contribution in [0.4, 0.5) is 0 Å². The van der Waals surface area contributed by atoms with Crippen molar-refractivity contribution in [3.05, 3.63) is 54.2 Å². The van der Waals surface area contributed by atoms with Crippen molar-refractivity contribution in [2.75, 3.05) is 6.54 Å². The number of nitrogens with zero attached hydrogens (tertiary/aromatic N) is 4. The molecule has 0 fully saturated rings. The smallest absolute Gasteiger partial charge is 0.260 e. The molecule has 1 atom stereocenters. The number of carbonyl (C=O) groups excluding carboxylic acids is 1. The number of furan rings is 1. The van der Waals surface area contributed by atoms with Crippen LogP contribution in [0.3, 0.4) is 0 Å². The van der Waals surface area contributed by atoms with Gasteiger partial charge in [0.15, 0.2) is 6.10 Å². The van der Waals surface area contributed by atoms with Gasteiger partial charge >= 0.3 is 0 Å². The number of benzene rings is 1. The molecule has 0 radical (unpaired) electrons. The topological polar surface area (TPSA) is 95.1 Å². The zero-order chi connectivity index (χ0) is 17.6. The number of hydrogen-bond acceptors (Lipinski definition) is 6. The first-order chi connectivity index (χ1) is 12.1. The molecule has 8 heteroatoms. The summed E-state index contributed by atoms with van der Waals surface area (Å²) in [7, 11) is 0. The van der Waals surface area contributed by atoms with Crippen LogP contribution in [0.1, 0.15) is 18.4 Å². The molecule has 0 saturated carbocycles. The van der Waals surface area contributed by atoms with Gasteiger partial charge in [0.2, 0.25) is 0 Å². The fourth-order valence-corrected chi connectivity index (χ4v) is 2.29. The van der Waals surface area contributed by atoms with E-state index in [1.165, 1.54) is 11.0 Å². The Labute approximate surface area is 144 Å². The van der Waals surface area contributed by atoms with E-state index in [1.807, 2.05) is 31.2 Å². The van der Waals surface area contributed by atoms with Crippen molar-refractivity contribution in [2.45, 2.75) is 26.4 Å². The number of ether oxygens (including phenoxy) is 1. The summed E-state index contributed by atoms with van der Waals surface area (Å²) in [4.78, 5) is 12.1. The second kappa shape index (κ2) is 7.61. The highest BCUT2D eigenvalue weighted by Crippen LogP contribution is 2.15. The van der Waals surface area contributed by atoms with Gasteiger partial charge in [0, 0.05) is 13.0 Å². The standard InChI is InChI=1S/C17H19N5O3/c1-12-3-6-16(24-12)9-10-18-17(23)13(2)25-15-7-4-14(5-8-15)22-11-19-20-21-22/h3-8,11,13H,9-10H2,1-2H3,(H,18,23)/t13-/m0/s1. The molecule has 25 heavy (non-hydrogen) atoms. The van der Waals surface area contributed by atoms with E-state index in [0.29, 0.717) is 18.7 Å². The van der Waals surface area contributed by atoms with E-state index in [4.69, 9.17) is 9.15 Å². The van der Waals surface area contributed by atoms with E-state index >= 15 is 0 Å². The Morgan fingerprint density at radius 2 is 2.08 bits per heavy atom. The minimum atomic E-state index is -0.600. The Bertz CT molecular complexity index is 811. The van der Waals surface area contributed by atoms with Crippen molar-refractivity contribution < 1.29 is 13.9 Å². The maximum atomic E-state index is 12.1. The predicted molar refractivity (Wildman–Crippen MR) is 89.4 cm³/mol. The number of nitrogens with one attached hydrogen (secondary N) is 1. The van der Waals surface area contributed by atoms with E-state index in [9.17, 15) is 4.79 Å². The summed E-state index contributed by atoms with van der Waals surface area (Å²) in [5, 5.41) is 13.8. The van der Waals surface area contributed by atoms with E-state index in [-0.39, 0.29) is 5.91 Å². The highest BCUT2D eigenvalue weighted by atomic mass is 16.5. The molecule has 1 amide bonds. The lowest BCUT2D eigenvalue weighted by atomic mass is 10.3. The minimum Gasteiger partial charge on any atom is -0.481 e. The summed E-state index contributed by atoms with van der Waals surface area (Å²) in [5.41, 5.74) is 0.809. The number of tetrazole rings is 1. The van der Waals surface area contributed by atoms with Gasteiger partial charge in [0.05, 0.1) is 5.69 Å². The lowest BCUT2D eigenvalue weighted by molar-refractivity contribution is -0.127. The van der Waals surface area contributed by atoms with Gasteiger partial charge in [-0.1, -0.05) is 0 Å². The van der Waals surface area contributed by atoms with Crippen LogP contribution in [0.2, 0.25) is 0 Å². The Balaban J connectivity index is 1.47. The van der Waals surface area contributed by atoms with E-state index in [2.05, 4.69) is 20.8 Å². The third-order valence-corrected chi connectivity index (χ3v) is 3.60. The molecule has 0 aliphatic carbocycles. The van der Waals surface area contributed by atoms with Gasteiger partial charge in [-0.05, 0) is 60.7 Å². The predicted octanol–water partition coefficient (Wildman–Crippen LogP) is 1.69. The van der Waals surface area contributed by atoms with Crippen molar-refractivity contribution >= 4 is 5.91 Å². The fraction of sp³-hybridized carbons (Fsp3) is 0.294. The van der Waals surface area contributed by atoms with Crippen LogP contribution < -0.4 is 10.1 Å². The van der Waals surface area contributed by atoms with E-state index < -0.39 is 6.10 Å². The summed E-state index contributed by atoms with van der Waals surface area (Å²) in [6.07, 6.45) is 1.55. The number of amides is 1. The number of carbonyl (C=O) groups is 1. The third-order valence-electron chi connectivity index (χ3n) is 3.60. The zero-order valence-corrected chi connectivity index (χ0v) is 14.0. The van der Waals surface area contributed by atoms with Crippen LogP contribution in [-0.4, -0.2) is 38.8 Å². The van der Waals surface area contributed by atoms with Gasteiger partial charge in [0.25, 0.3) is 5.91 Å². The van der Waals surface area contributed by atoms with Crippen LogP contribution in [-0.2, 0) is 11.2 Å². The molecule has 0 bridgehead atoms. The van der Waals surface area contributed by atoms with Crippen molar-refractivity contribution in [2.24, 2.45) is 0 Å². The van der Waals surface area contributed by atoms with Crippen molar-refractivity contribution in [3.63, 3.8) is 0 Å². The summed E-state index contributed by atoms with van der Waals surface area (Å²) < 4.78 is 12.7. The summed E-state index contributed by atoms with van der Waals surface area (Å²) in [6.45, 7) is 4.10. The van der Waals surface area contributed by atoms with Gasteiger partial charge in [-0.3, -0.25) is 4.79 Å². The molecular formula is C17H19N5O3. The average molecular weight is 341 g/mol. The Morgan fingerprint density at radius 1 is 1.28 bits per heavy atom. The van der Waals surface area contributed by atoms with Crippen LogP contribution in [0.15, 0.2) is 47.1 Å². The molecule has 0 aliphatic rings. The molecular weight excluding hydrogens is 322 g/mol. The number of hydrogen-bond donors (Lipinski definition) is 1. The molecule has 1 aromatic carbocycles. The normalized spacial score (nSPS) is 11.9. The Kier molecular flexibility index (Phi) is 5.08. The van der Waals surface area contributed by atoms with Crippen molar-refractivity contribution in [3.8, 4) is 11.4 Å². The average Bonchev–Trinajstić information content (AvgIpc) is 3.27. The van der Waals surface area contributed by atoms with Crippen molar-refractivity contribution in [1.82, 2.24) is 25.5 Å². The maximum Gasteiger partial charge on any atom is 0.260 e. The summed E-state index contributed by atoms with van der Waals surface area (Å²) >= 11 is 0. The SMILES string of the molecule is Cc1ccc(CCNC(=O)[C@H](C)Oc2ccc(-n3cnnn3)cc2)o1. The van der Waals surface area contributed by atoms with Crippen LogP contribution in [0.25, 0.3) is 5.69 Å². The largest absolute Gasteiger partial charge is 0.481 e. The lowest BCUT2D eigenvalue weighted by Gasteiger charge is -2.14. The molecule has 3 aromatic rings. The molecule has 2 aromatic heterocycles. The van der Waals surface area contributed by atoms with Crippen LogP contribution >= 0.6 is 0 Å². The van der Waals surface area contributed by atoms with Crippen molar-refractivity contribution in [1.29, 1.82) is 0 Å². The molecule has 3 rings (SSSR count). The second-order valence-electron chi connectivity index (χ2n) is 5.56. The fourth-order valence-electron chi connectivity index (χ4n) is 2.29. The lowest BCUT2D eigenvalue weighted by Crippen LogP contribution is -2.37. The first kappa shape index (κ1) is 16.7. The molecule has 2 heterocycles. The first-order valence-corrected chi connectivity index (χ1v) is 7.95. The van der Waals surface area contributed by atoms with Gasteiger partial charge in [-0.2, -0.15) is 0 Å². The molecule has 8 nitrogen and oxygen atoms in total. The van der Waals surface area contributed by atoms with Crippen LogP contribution in [0.5, 0.6) is 5.75 Å². The number of rotatable bonds is 7. The highest BCUT2D eigenvalue weighted by molar-refractivity contribution is 5.80. The highest BCUT2D eigenvalue weighted by Gasteiger charge is 2.14. The summed E-state index contributed by atoms with van der Waals surface area (Å²) in [5.74, 6) is 2.14. The van der Waals surface area contributed by atoms with E-state index in [0.717, 1.165) is 17.2 Å². The van der Waals surface area contributed by atoms with Gasteiger partial charge in [0.1, 0.15) is 23.6 Å². The van der Waals surface area contributed by atoms with Crippen LogP contribution in [0, 0.1) is 6.92 Å². The molecule has 0 unspecified atom stereocenters. The van der Waals surface area contributed by atoms with Gasteiger partial charge in [-0.15, -0.1) is 5.10 Å². The van der Waals surface area contributed by atoms with Gasteiger partial charge in [-0.25, -0.2) is 4.68 Å². The summed E-state index contributed by atoms with van der Waals surface area (Å²) in [6, 6.07) is 11.0. The maximum absolute atomic E-state index is 12.1. The molecule has 0 spiro atoms. The third kappa shape index (κ3) is 4.43. The number of aryl methyl sites for hydroxylation is 1. The number of aromatic nitrogens is 4. The van der Waals surface area contributed by atoms with E-state index in [1.54, 1.807) is 19.1 Å². The zero-order valence-electron chi connectivity index (χ0n) is 14.0. The molecule has 0 saturated heterocycles. The van der Waals surface area contributed by atoms with Gasteiger partial charge < -0.3 is 14.5 Å². The molecule has 130 valence electrons. The quantitative estimate of drug-likeness (QED) is 0.703.